The lowest BCUT2D eigenvalue weighted by atomic mass is 10.1. The van der Waals surface area contributed by atoms with E-state index in [1.165, 1.54) is 43.5 Å². The first-order valence-electron chi connectivity index (χ1n) is 7.85. The van der Waals surface area contributed by atoms with Crippen LogP contribution in [0.5, 0.6) is 0 Å². The van der Waals surface area contributed by atoms with Gasteiger partial charge in [0.2, 0.25) is 0 Å². The number of rotatable bonds is 5. The van der Waals surface area contributed by atoms with Crippen LogP contribution in [0.4, 0.5) is 19.0 Å². The molecule has 2 N–H and O–H groups in total. The second-order valence-electron chi connectivity index (χ2n) is 5.86. The van der Waals surface area contributed by atoms with Gasteiger partial charge in [0, 0.05) is 11.8 Å². The Morgan fingerprint density at radius 3 is 2.37 bits per heavy atom. The fourth-order valence-corrected chi connectivity index (χ4v) is 2.37. The number of benzene rings is 1. The number of aromatic nitrogens is 1. The number of carbonyl (C=O) groups is 2. The lowest BCUT2D eigenvalue weighted by Gasteiger charge is -2.35. The predicted octanol–water partition coefficient (Wildman–Crippen LogP) is 2.97. The van der Waals surface area contributed by atoms with E-state index in [9.17, 15) is 22.8 Å². The molecule has 27 heavy (non-hydrogen) atoms. The normalized spacial score (nSPS) is 13.4. The van der Waals surface area contributed by atoms with E-state index in [4.69, 9.17) is 0 Å². The van der Waals surface area contributed by atoms with Crippen molar-refractivity contribution in [1.29, 1.82) is 0 Å². The van der Waals surface area contributed by atoms with Crippen LogP contribution in [0.1, 0.15) is 21.5 Å². The average molecular weight is 381 g/mol. The highest BCUT2D eigenvalue weighted by Crippen LogP contribution is 2.33. The molecule has 1 amide bonds. The zero-order chi connectivity index (χ0) is 20.2. The molecular formula is C18H18F3N3O3. The topological polar surface area (TPSA) is 80.3 Å². The minimum absolute atomic E-state index is 0.0351. The summed E-state index contributed by atoms with van der Waals surface area (Å²) in [7, 11) is 0.800. The largest absolute Gasteiger partial charge is 0.466 e. The van der Waals surface area contributed by atoms with E-state index in [0.29, 0.717) is 11.1 Å². The molecule has 1 atom stereocenters. The van der Waals surface area contributed by atoms with Crippen molar-refractivity contribution in [3.63, 3.8) is 0 Å². The van der Waals surface area contributed by atoms with Gasteiger partial charge in [0.05, 0.1) is 7.11 Å². The monoisotopic (exact) mass is 381 g/mol. The molecule has 0 aliphatic rings. The van der Waals surface area contributed by atoms with Crippen molar-refractivity contribution in [3.05, 3.63) is 59.3 Å². The van der Waals surface area contributed by atoms with Crippen LogP contribution in [-0.4, -0.2) is 35.8 Å². The Bertz CT molecular complexity index is 855. The van der Waals surface area contributed by atoms with Crippen LogP contribution < -0.4 is 10.6 Å². The van der Waals surface area contributed by atoms with Gasteiger partial charge in [-0.1, -0.05) is 23.8 Å². The third-order valence-corrected chi connectivity index (χ3v) is 3.81. The molecule has 1 aromatic carbocycles. The number of carbonyl (C=O) groups excluding carboxylic acids is 2. The van der Waals surface area contributed by atoms with E-state index in [2.05, 4.69) is 9.72 Å². The molecule has 0 saturated heterocycles. The lowest BCUT2D eigenvalue weighted by molar-refractivity contribution is -0.203. The second-order valence-corrected chi connectivity index (χ2v) is 5.86. The molecule has 0 saturated carbocycles. The van der Waals surface area contributed by atoms with Crippen molar-refractivity contribution in [2.24, 2.45) is 0 Å². The lowest BCUT2D eigenvalue weighted by Crippen LogP contribution is -2.69. The summed E-state index contributed by atoms with van der Waals surface area (Å²) in [5.41, 5.74) is -2.53. The number of esters is 1. The third-order valence-electron chi connectivity index (χ3n) is 3.81. The highest BCUT2D eigenvalue weighted by Gasteiger charge is 2.63. The number of pyridine rings is 1. The van der Waals surface area contributed by atoms with Gasteiger partial charge in [-0.25, -0.2) is 9.78 Å². The average Bonchev–Trinajstić information content (AvgIpc) is 2.61. The molecule has 0 bridgehead atoms. The van der Waals surface area contributed by atoms with E-state index in [0.717, 1.165) is 7.11 Å². The van der Waals surface area contributed by atoms with Gasteiger partial charge >= 0.3 is 17.8 Å². The smallest absolute Gasteiger partial charge is 0.441 e. The molecule has 1 aromatic heterocycles. The van der Waals surface area contributed by atoms with Gasteiger partial charge in [0.15, 0.2) is 0 Å². The molecule has 0 spiro atoms. The molecule has 6 nitrogen and oxygen atoms in total. The van der Waals surface area contributed by atoms with Crippen LogP contribution in [0.15, 0.2) is 42.6 Å². The van der Waals surface area contributed by atoms with Crippen molar-refractivity contribution in [3.8, 4) is 0 Å². The first-order valence-corrected chi connectivity index (χ1v) is 7.85. The van der Waals surface area contributed by atoms with Crippen molar-refractivity contribution < 1.29 is 27.5 Å². The number of nitrogens with one attached hydrogen (secondary N) is 2. The quantitative estimate of drug-likeness (QED) is 0.615. The Morgan fingerprint density at radius 2 is 1.81 bits per heavy atom. The number of nitrogens with zero attached hydrogens (tertiary/aromatic N) is 1. The van der Waals surface area contributed by atoms with E-state index < -0.39 is 23.7 Å². The van der Waals surface area contributed by atoms with Gasteiger partial charge in [0.1, 0.15) is 5.82 Å². The summed E-state index contributed by atoms with van der Waals surface area (Å²) in [6.07, 6.45) is -3.96. The number of aryl methyl sites for hydroxylation is 2. The number of alkyl halides is 3. The first kappa shape index (κ1) is 20.2. The SMILES string of the molecule is COC(=O)C(NC(=O)c1cccc(C)c1)(Nc1ncccc1C)C(F)(F)F. The molecule has 2 aromatic rings. The number of ether oxygens (including phenoxy) is 1. The molecule has 144 valence electrons. The molecule has 0 aliphatic carbocycles. The summed E-state index contributed by atoms with van der Waals surface area (Å²) >= 11 is 0. The molecule has 1 heterocycles. The zero-order valence-corrected chi connectivity index (χ0v) is 14.8. The number of anilines is 1. The van der Waals surface area contributed by atoms with E-state index in [1.54, 1.807) is 18.3 Å². The van der Waals surface area contributed by atoms with Crippen LogP contribution in [0.3, 0.4) is 0 Å². The maximum absolute atomic E-state index is 14.0. The van der Waals surface area contributed by atoms with E-state index >= 15 is 0 Å². The van der Waals surface area contributed by atoms with Crippen molar-refractivity contribution in [2.45, 2.75) is 25.7 Å². The summed E-state index contributed by atoms with van der Waals surface area (Å²) in [4.78, 5) is 28.5. The zero-order valence-electron chi connectivity index (χ0n) is 14.8. The van der Waals surface area contributed by atoms with E-state index in [1.807, 2.05) is 5.32 Å². The van der Waals surface area contributed by atoms with Gasteiger partial charge in [-0.05, 0) is 37.6 Å². The molecule has 0 aliphatic heterocycles. The summed E-state index contributed by atoms with van der Waals surface area (Å²) in [5.74, 6) is -3.03. The second kappa shape index (κ2) is 7.65. The summed E-state index contributed by atoms with van der Waals surface area (Å²) in [6, 6.07) is 8.99. The van der Waals surface area contributed by atoms with Gasteiger partial charge in [-0.2, -0.15) is 13.2 Å². The minimum Gasteiger partial charge on any atom is -0.466 e. The molecule has 1 unspecified atom stereocenters. The fourth-order valence-electron chi connectivity index (χ4n) is 2.37. The number of hydrogen-bond acceptors (Lipinski definition) is 5. The highest BCUT2D eigenvalue weighted by atomic mass is 19.4. The van der Waals surface area contributed by atoms with Gasteiger partial charge in [0.25, 0.3) is 5.91 Å². The number of halogens is 3. The number of hydrogen-bond donors (Lipinski definition) is 2. The fraction of sp³-hybridized carbons (Fsp3) is 0.278. The molecule has 0 fully saturated rings. The summed E-state index contributed by atoms with van der Waals surface area (Å²) in [5, 5.41) is 3.77. The van der Waals surface area contributed by atoms with Gasteiger partial charge in [-0.3, -0.25) is 4.79 Å². The van der Waals surface area contributed by atoms with E-state index in [-0.39, 0.29) is 11.4 Å². The van der Waals surface area contributed by atoms with Crippen molar-refractivity contribution in [1.82, 2.24) is 10.3 Å². The van der Waals surface area contributed by atoms with Crippen LogP contribution in [0, 0.1) is 13.8 Å². The molecular weight excluding hydrogens is 363 g/mol. The van der Waals surface area contributed by atoms with Crippen LogP contribution >= 0.6 is 0 Å². The van der Waals surface area contributed by atoms with Crippen LogP contribution in [0.25, 0.3) is 0 Å². The van der Waals surface area contributed by atoms with Gasteiger partial charge < -0.3 is 15.4 Å². The Balaban J connectivity index is 2.52. The summed E-state index contributed by atoms with van der Waals surface area (Å²) < 4.78 is 46.3. The van der Waals surface area contributed by atoms with Gasteiger partial charge in [-0.15, -0.1) is 0 Å². The van der Waals surface area contributed by atoms with Crippen molar-refractivity contribution >= 4 is 17.7 Å². The number of methoxy groups -OCH3 is 1. The van der Waals surface area contributed by atoms with Crippen LogP contribution in [0.2, 0.25) is 0 Å². The highest BCUT2D eigenvalue weighted by molar-refractivity contribution is 5.99. The minimum atomic E-state index is -5.22. The Kier molecular flexibility index (Phi) is 5.72. The Labute approximate surface area is 153 Å². The maximum Gasteiger partial charge on any atom is 0.441 e. The molecule has 2 rings (SSSR count). The van der Waals surface area contributed by atoms with Crippen molar-refractivity contribution in [2.75, 3.05) is 12.4 Å². The summed E-state index contributed by atoms with van der Waals surface area (Å²) in [6.45, 7) is 3.19. The molecule has 9 heteroatoms. The standard InChI is InChI=1S/C18H18F3N3O3/c1-11-6-4-8-13(10-11)15(25)24-17(16(26)27-3,18(19,20)21)23-14-12(2)7-5-9-22-14/h4-10H,1-3H3,(H,22,23)(H,24,25). The maximum atomic E-state index is 14.0. The first-order chi connectivity index (χ1) is 12.6. The predicted molar refractivity (Wildman–Crippen MR) is 92.0 cm³/mol. The Hall–Kier alpha value is -3.10. The number of amides is 1. The van der Waals surface area contributed by atoms with Crippen LogP contribution in [-0.2, 0) is 9.53 Å². The third kappa shape index (κ3) is 4.18. The Morgan fingerprint density at radius 1 is 1.11 bits per heavy atom. The molecule has 0 radical (unpaired) electrons.